The zero-order valence-corrected chi connectivity index (χ0v) is 20.3. The molecular formula is C25H29ClN4O5. The summed E-state index contributed by atoms with van der Waals surface area (Å²) in [4.78, 5) is 14.6. The van der Waals surface area contributed by atoms with E-state index in [0.29, 0.717) is 40.4 Å². The van der Waals surface area contributed by atoms with Gasteiger partial charge in [-0.3, -0.25) is 0 Å². The Bertz CT molecular complexity index is 1190. The highest BCUT2D eigenvalue weighted by Crippen LogP contribution is 2.33. The molecule has 2 N–H and O–H groups in total. The predicted molar refractivity (Wildman–Crippen MR) is 130 cm³/mol. The second-order valence-corrected chi connectivity index (χ2v) is 10.1. The van der Waals surface area contributed by atoms with Crippen LogP contribution in [0.25, 0.3) is 22.4 Å². The van der Waals surface area contributed by atoms with Gasteiger partial charge in [0.15, 0.2) is 11.8 Å². The number of likely N-dealkylation sites (tertiary alicyclic amines) is 1. The van der Waals surface area contributed by atoms with E-state index < -0.39 is 6.10 Å². The number of hydrogen-bond acceptors (Lipinski definition) is 8. The van der Waals surface area contributed by atoms with E-state index in [1.165, 1.54) is 19.4 Å². The smallest absolute Gasteiger partial charge is 0.296 e. The van der Waals surface area contributed by atoms with E-state index in [9.17, 15) is 5.11 Å². The normalized spacial score (nSPS) is 28.9. The van der Waals surface area contributed by atoms with Crippen LogP contribution in [-0.4, -0.2) is 89.3 Å². The van der Waals surface area contributed by atoms with Gasteiger partial charge in [-0.05, 0) is 56.8 Å². The van der Waals surface area contributed by atoms with Crippen molar-refractivity contribution in [1.82, 2.24) is 19.9 Å². The van der Waals surface area contributed by atoms with Crippen LogP contribution in [0.3, 0.4) is 0 Å². The first-order valence-electron chi connectivity index (χ1n) is 12.1. The number of aromatic nitrogens is 3. The van der Waals surface area contributed by atoms with Crippen LogP contribution in [-0.2, 0) is 9.47 Å². The Morgan fingerprint density at radius 1 is 1.17 bits per heavy atom. The molecule has 10 heteroatoms. The van der Waals surface area contributed by atoms with Crippen LogP contribution in [0.5, 0.6) is 11.8 Å². The first-order valence-corrected chi connectivity index (χ1v) is 12.5. The minimum Gasteiger partial charge on any atom is -0.493 e. The SMILES string of the molecule is CN1CCCC(COc2ccc(-c3nc4nc(O[C@@H]5CO[C@H]6[C@@H]5OC[C@H]6O)[nH]c4cc3Cl)cc2)C1. The standard InChI is InChI=1S/C25H29ClN4O5/c1-30-8-2-3-14(10-30)11-32-16-6-4-15(5-7-16)21-17(26)9-18-24(28-21)29-25(27-18)35-20-13-34-22-19(31)12-33-23(20)22/h4-7,9,14,19-20,22-23,31H,2-3,8,10-13H2,1H3,(H,27,28,29)/t14?,19-,20-,22-,23-/m1/s1. The largest absolute Gasteiger partial charge is 0.493 e. The van der Waals surface area contributed by atoms with Gasteiger partial charge in [-0.15, -0.1) is 0 Å². The van der Waals surface area contributed by atoms with Gasteiger partial charge in [0.2, 0.25) is 0 Å². The van der Waals surface area contributed by atoms with Gasteiger partial charge in [0.05, 0.1) is 36.1 Å². The molecule has 0 bridgehead atoms. The maximum atomic E-state index is 9.92. The van der Waals surface area contributed by atoms with E-state index >= 15 is 0 Å². The third-order valence-corrected chi connectivity index (χ3v) is 7.27. The van der Waals surface area contributed by atoms with Crippen LogP contribution >= 0.6 is 11.6 Å². The highest BCUT2D eigenvalue weighted by molar-refractivity contribution is 6.33. The second kappa shape index (κ2) is 9.55. The van der Waals surface area contributed by atoms with Gasteiger partial charge in [-0.2, -0.15) is 4.98 Å². The molecule has 1 unspecified atom stereocenters. The average Bonchev–Trinajstić information content (AvgIpc) is 3.54. The van der Waals surface area contributed by atoms with Crippen molar-refractivity contribution < 1.29 is 24.1 Å². The highest BCUT2D eigenvalue weighted by atomic mass is 35.5. The molecule has 6 rings (SSSR count). The summed E-state index contributed by atoms with van der Waals surface area (Å²) < 4.78 is 23.3. The molecule has 0 amide bonds. The van der Waals surface area contributed by atoms with Gasteiger partial charge in [0, 0.05) is 18.0 Å². The Kier molecular flexibility index (Phi) is 6.28. The number of halogens is 1. The number of nitrogens with zero attached hydrogens (tertiary/aromatic N) is 3. The second-order valence-electron chi connectivity index (χ2n) is 9.66. The summed E-state index contributed by atoms with van der Waals surface area (Å²) in [5.74, 6) is 1.40. The number of aromatic amines is 1. The quantitative estimate of drug-likeness (QED) is 0.532. The van der Waals surface area contributed by atoms with Gasteiger partial charge in [0.1, 0.15) is 24.1 Å². The third-order valence-electron chi connectivity index (χ3n) is 6.99. The van der Waals surface area contributed by atoms with E-state index in [-0.39, 0.29) is 24.9 Å². The lowest BCUT2D eigenvalue weighted by molar-refractivity contribution is 0.00706. The zero-order valence-electron chi connectivity index (χ0n) is 19.5. The lowest BCUT2D eigenvalue weighted by atomic mass is 9.99. The number of pyridine rings is 1. The minimum absolute atomic E-state index is 0.248. The van der Waals surface area contributed by atoms with Gasteiger partial charge in [0.25, 0.3) is 6.01 Å². The zero-order chi connectivity index (χ0) is 23.9. The minimum atomic E-state index is -0.627. The topological polar surface area (TPSA) is 102 Å². The van der Waals surface area contributed by atoms with Crippen LogP contribution in [0.1, 0.15) is 12.8 Å². The fourth-order valence-corrected chi connectivity index (χ4v) is 5.44. The number of nitrogens with one attached hydrogen (secondary N) is 1. The number of ether oxygens (including phenoxy) is 4. The number of rotatable bonds is 6. The Hall–Kier alpha value is -2.43. The number of piperidine rings is 1. The maximum absolute atomic E-state index is 9.92. The van der Waals surface area contributed by atoms with Gasteiger partial charge < -0.3 is 33.9 Å². The van der Waals surface area contributed by atoms with Crippen LogP contribution in [0.15, 0.2) is 30.3 Å². The number of aliphatic hydroxyl groups is 1. The summed E-state index contributed by atoms with van der Waals surface area (Å²) in [6, 6.07) is 9.95. The summed E-state index contributed by atoms with van der Waals surface area (Å²) in [5.41, 5.74) is 2.70. The van der Waals surface area contributed by atoms with Crippen LogP contribution in [0.4, 0.5) is 0 Å². The number of aliphatic hydroxyl groups excluding tert-OH is 1. The van der Waals surface area contributed by atoms with E-state index in [1.54, 1.807) is 6.07 Å². The summed E-state index contributed by atoms with van der Waals surface area (Å²) in [7, 11) is 2.16. The summed E-state index contributed by atoms with van der Waals surface area (Å²) >= 11 is 6.57. The average molecular weight is 501 g/mol. The van der Waals surface area contributed by atoms with Crippen molar-refractivity contribution in [3.63, 3.8) is 0 Å². The maximum Gasteiger partial charge on any atom is 0.296 e. The van der Waals surface area contributed by atoms with Gasteiger partial charge in [-0.1, -0.05) is 11.6 Å². The molecule has 1 aromatic carbocycles. The molecule has 0 spiro atoms. The Balaban J connectivity index is 1.14. The molecule has 0 radical (unpaired) electrons. The molecule has 186 valence electrons. The molecule has 3 aliphatic heterocycles. The van der Waals surface area contributed by atoms with Crippen molar-refractivity contribution in [2.45, 2.75) is 37.3 Å². The van der Waals surface area contributed by atoms with Crippen LogP contribution in [0, 0.1) is 5.92 Å². The lowest BCUT2D eigenvalue weighted by Crippen LogP contribution is -2.34. The fraction of sp³-hybridized carbons (Fsp3) is 0.520. The Morgan fingerprint density at radius 3 is 2.83 bits per heavy atom. The monoisotopic (exact) mass is 500 g/mol. The molecule has 35 heavy (non-hydrogen) atoms. The van der Waals surface area contributed by atoms with Crippen molar-refractivity contribution in [2.24, 2.45) is 5.92 Å². The van der Waals surface area contributed by atoms with E-state index in [0.717, 1.165) is 24.5 Å². The predicted octanol–water partition coefficient (Wildman–Crippen LogP) is 2.90. The van der Waals surface area contributed by atoms with Crippen LogP contribution in [0.2, 0.25) is 5.02 Å². The molecule has 3 aliphatic rings. The summed E-state index contributed by atoms with van der Waals surface area (Å²) in [6.07, 6.45) is 0.779. The van der Waals surface area contributed by atoms with E-state index in [2.05, 4.69) is 26.9 Å². The van der Waals surface area contributed by atoms with Crippen molar-refractivity contribution in [3.05, 3.63) is 35.4 Å². The van der Waals surface area contributed by atoms with Crippen molar-refractivity contribution in [3.8, 4) is 23.0 Å². The number of fused-ring (bicyclic) bond motifs is 2. The summed E-state index contributed by atoms with van der Waals surface area (Å²) in [5, 5.41) is 10.4. The summed E-state index contributed by atoms with van der Waals surface area (Å²) in [6.45, 7) is 3.55. The third kappa shape index (κ3) is 4.71. The van der Waals surface area contributed by atoms with Crippen LogP contribution < -0.4 is 9.47 Å². The van der Waals surface area contributed by atoms with Crippen molar-refractivity contribution in [1.29, 1.82) is 0 Å². The number of H-pyrrole nitrogens is 1. The molecule has 3 fully saturated rings. The molecule has 5 heterocycles. The fourth-order valence-electron chi connectivity index (χ4n) is 5.17. The van der Waals surface area contributed by atoms with E-state index in [1.807, 2.05) is 24.3 Å². The lowest BCUT2D eigenvalue weighted by Gasteiger charge is -2.29. The molecule has 3 aromatic rings. The Morgan fingerprint density at radius 2 is 2.00 bits per heavy atom. The van der Waals surface area contributed by atoms with E-state index in [4.69, 9.17) is 30.5 Å². The van der Waals surface area contributed by atoms with Gasteiger partial charge in [-0.25, -0.2) is 4.98 Å². The molecule has 5 atom stereocenters. The number of benzene rings is 1. The Labute approximate surface area is 208 Å². The molecule has 3 saturated heterocycles. The first kappa shape index (κ1) is 23.0. The molecule has 2 aromatic heterocycles. The first-order chi connectivity index (χ1) is 17.0. The highest BCUT2D eigenvalue weighted by Gasteiger charge is 2.48. The molecule has 9 nitrogen and oxygen atoms in total. The van der Waals surface area contributed by atoms with Crippen molar-refractivity contribution >= 4 is 22.8 Å². The van der Waals surface area contributed by atoms with Gasteiger partial charge >= 0.3 is 0 Å². The number of hydrogen-bond donors (Lipinski definition) is 2. The number of imidazole rings is 1. The molecule has 0 aliphatic carbocycles. The molecule has 0 saturated carbocycles. The van der Waals surface area contributed by atoms with Crippen molar-refractivity contribution in [2.75, 3.05) is 40.0 Å². The molecular weight excluding hydrogens is 472 g/mol.